The van der Waals surface area contributed by atoms with Crippen LogP contribution in [0.2, 0.25) is 0 Å². The topological polar surface area (TPSA) is 91.7 Å². The standard InChI is InChI=1S/C18H23N5O3S/c1-26-16-8-15(19-12-20-16)22-6-3-18(4-7-22)9-13(24)10-23(11-18)17(25)14-2-5-21-27-14/h2,5,8,12-13,24H,3-4,6-7,9-11H2,1H3. The molecular formula is C18H23N5O3S. The van der Waals surface area contributed by atoms with Crippen molar-refractivity contribution in [3.05, 3.63) is 29.5 Å². The van der Waals surface area contributed by atoms with Crippen LogP contribution in [-0.4, -0.2) is 69.6 Å². The molecule has 144 valence electrons. The van der Waals surface area contributed by atoms with Gasteiger partial charge in [-0.3, -0.25) is 4.79 Å². The predicted octanol–water partition coefficient (Wildman–Crippen LogP) is 1.44. The van der Waals surface area contributed by atoms with Gasteiger partial charge in [0.15, 0.2) is 0 Å². The van der Waals surface area contributed by atoms with E-state index in [1.807, 2.05) is 6.07 Å². The highest BCUT2D eigenvalue weighted by atomic mass is 32.1. The lowest BCUT2D eigenvalue weighted by molar-refractivity contribution is -0.0148. The van der Waals surface area contributed by atoms with E-state index >= 15 is 0 Å². The Morgan fingerprint density at radius 1 is 1.37 bits per heavy atom. The molecular weight excluding hydrogens is 366 g/mol. The van der Waals surface area contributed by atoms with E-state index in [9.17, 15) is 9.90 Å². The molecule has 0 aliphatic carbocycles. The molecule has 1 unspecified atom stereocenters. The summed E-state index contributed by atoms with van der Waals surface area (Å²) in [5.74, 6) is 1.37. The van der Waals surface area contributed by atoms with Crippen molar-refractivity contribution in [1.82, 2.24) is 19.2 Å². The number of ether oxygens (including phenoxy) is 1. The summed E-state index contributed by atoms with van der Waals surface area (Å²) in [7, 11) is 1.59. The molecule has 0 saturated carbocycles. The van der Waals surface area contributed by atoms with Crippen LogP contribution in [-0.2, 0) is 0 Å². The van der Waals surface area contributed by atoms with Gasteiger partial charge in [-0.05, 0) is 42.3 Å². The molecule has 1 spiro atoms. The van der Waals surface area contributed by atoms with Gasteiger partial charge in [-0.2, -0.15) is 0 Å². The van der Waals surface area contributed by atoms with Crippen molar-refractivity contribution in [2.45, 2.75) is 25.4 Å². The Balaban J connectivity index is 1.45. The summed E-state index contributed by atoms with van der Waals surface area (Å²) in [6.07, 6.45) is 5.22. The lowest BCUT2D eigenvalue weighted by Crippen LogP contribution is -2.55. The molecule has 1 atom stereocenters. The smallest absolute Gasteiger partial charge is 0.265 e. The lowest BCUT2D eigenvalue weighted by Gasteiger charge is -2.49. The summed E-state index contributed by atoms with van der Waals surface area (Å²) in [6.45, 7) is 2.73. The molecule has 0 bridgehead atoms. The van der Waals surface area contributed by atoms with Gasteiger partial charge in [0.05, 0.1) is 13.2 Å². The molecule has 0 aromatic carbocycles. The number of aromatic nitrogens is 3. The number of methoxy groups -OCH3 is 1. The third-order valence-corrected chi connectivity index (χ3v) is 6.28. The second kappa shape index (κ2) is 7.40. The molecule has 0 radical (unpaired) electrons. The molecule has 1 amide bonds. The molecule has 2 aliphatic heterocycles. The van der Waals surface area contributed by atoms with Crippen molar-refractivity contribution in [3.8, 4) is 5.88 Å². The fraction of sp³-hybridized carbons (Fsp3) is 0.556. The van der Waals surface area contributed by atoms with Gasteiger partial charge >= 0.3 is 0 Å². The molecule has 8 nitrogen and oxygen atoms in total. The first-order valence-electron chi connectivity index (χ1n) is 9.08. The van der Waals surface area contributed by atoms with Crippen LogP contribution in [0, 0.1) is 5.41 Å². The summed E-state index contributed by atoms with van der Waals surface area (Å²) < 4.78 is 9.21. The van der Waals surface area contributed by atoms with Gasteiger partial charge in [0.25, 0.3) is 5.91 Å². The maximum atomic E-state index is 12.7. The van der Waals surface area contributed by atoms with Crippen molar-refractivity contribution in [2.24, 2.45) is 5.41 Å². The maximum absolute atomic E-state index is 12.7. The number of amides is 1. The third-order valence-electron chi connectivity index (χ3n) is 5.55. The second-order valence-corrected chi connectivity index (χ2v) is 8.16. The Labute approximate surface area is 162 Å². The number of aliphatic hydroxyl groups is 1. The summed E-state index contributed by atoms with van der Waals surface area (Å²) in [6, 6.07) is 3.58. The van der Waals surface area contributed by atoms with E-state index in [1.165, 1.54) is 17.9 Å². The zero-order valence-corrected chi connectivity index (χ0v) is 16.1. The van der Waals surface area contributed by atoms with Gasteiger partial charge in [0.2, 0.25) is 5.88 Å². The van der Waals surface area contributed by atoms with Crippen LogP contribution in [0.5, 0.6) is 5.88 Å². The fourth-order valence-electron chi connectivity index (χ4n) is 4.18. The largest absolute Gasteiger partial charge is 0.481 e. The minimum absolute atomic E-state index is 0.0291. The number of carbonyl (C=O) groups is 1. The molecule has 2 aliphatic rings. The molecule has 4 heterocycles. The SMILES string of the molecule is COc1cc(N2CCC3(CC2)CC(O)CN(C(=O)c2ccns2)C3)ncn1. The highest BCUT2D eigenvalue weighted by Crippen LogP contribution is 2.41. The van der Waals surface area contributed by atoms with Gasteiger partial charge in [-0.15, -0.1) is 0 Å². The number of rotatable bonds is 3. The van der Waals surface area contributed by atoms with Crippen LogP contribution < -0.4 is 9.64 Å². The normalized spacial score (nSPS) is 22.1. The summed E-state index contributed by atoms with van der Waals surface area (Å²) in [4.78, 5) is 25.8. The van der Waals surface area contributed by atoms with Crippen LogP contribution in [0.4, 0.5) is 5.82 Å². The number of piperidine rings is 2. The highest BCUT2D eigenvalue weighted by molar-refractivity contribution is 7.08. The van der Waals surface area contributed by atoms with Crippen molar-refractivity contribution in [1.29, 1.82) is 0 Å². The number of hydrogen-bond donors (Lipinski definition) is 1. The number of hydrogen-bond acceptors (Lipinski definition) is 8. The van der Waals surface area contributed by atoms with E-state index in [-0.39, 0.29) is 11.3 Å². The number of aliphatic hydroxyl groups excluding tert-OH is 1. The first-order valence-corrected chi connectivity index (χ1v) is 9.85. The van der Waals surface area contributed by atoms with Crippen molar-refractivity contribution >= 4 is 23.3 Å². The predicted molar refractivity (Wildman–Crippen MR) is 101 cm³/mol. The summed E-state index contributed by atoms with van der Waals surface area (Å²) in [5, 5.41) is 10.4. The Hall–Kier alpha value is -2.26. The number of β-amino-alcohol motifs (C(OH)–C–C–N with tert-alkyl or cyclic N) is 1. The maximum Gasteiger partial charge on any atom is 0.265 e. The second-order valence-electron chi connectivity index (χ2n) is 7.33. The van der Waals surface area contributed by atoms with Gasteiger partial charge in [-0.1, -0.05) is 0 Å². The molecule has 2 fully saturated rings. The zero-order valence-electron chi connectivity index (χ0n) is 15.2. The highest BCUT2D eigenvalue weighted by Gasteiger charge is 2.43. The molecule has 2 aromatic rings. The molecule has 2 saturated heterocycles. The van der Waals surface area contributed by atoms with Crippen LogP contribution in [0.15, 0.2) is 24.7 Å². The van der Waals surface area contributed by atoms with Gasteiger partial charge < -0.3 is 19.6 Å². The minimum Gasteiger partial charge on any atom is -0.481 e. The van der Waals surface area contributed by atoms with Crippen LogP contribution in [0.3, 0.4) is 0 Å². The van der Waals surface area contributed by atoms with Gasteiger partial charge in [0.1, 0.15) is 17.0 Å². The van der Waals surface area contributed by atoms with E-state index in [0.717, 1.165) is 38.2 Å². The van der Waals surface area contributed by atoms with E-state index in [4.69, 9.17) is 4.74 Å². The van der Waals surface area contributed by atoms with E-state index in [0.29, 0.717) is 23.8 Å². The van der Waals surface area contributed by atoms with E-state index in [1.54, 1.807) is 24.3 Å². The fourth-order valence-corrected chi connectivity index (χ4v) is 4.74. The Bertz CT molecular complexity index is 792. The first kappa shape index (κ1) is 18.1. The number of likely N-dealkylation sites (tertiary alicyclic amines) is 1. The average molecular weight is 389 g/mol. The zero-order chi connectivity index (χ0) is 18.9. The minimum atomic E-state index is -0.485. The van der Waals surface area contributed by atoms with Crippen LogP contribution in [0.25, 0.3) is 0 Å². The molecule has 4 rings (SSSR count). The third kappa shape index (κ3) is 3.74. The van der Waals surface area contributed by atoms with Crippen molar-refractivity contribution in [3.63, 3.8) is 0 Å². The Morgan fingerprint density at radius 3 is 2.89 bits per heavy atom. The van der Waals surface area contributed by atoms with E-state index < -0.39 is 6.10 Å². The molecule has 1 N–H and O–H groups in total. The van der Waals surface area contributed by atoms with Crippen LogP contribution in [0.1, 0.15) is 28.9 Å². The van der Waals surface area contributed by atoms with Gasteiger partial charge in [-0.25, -0.2) is 14.3 Å². The molecule has 9 heteroatoms. The van der Waals surface area contributed by atoms with Gasteiger partial charge in [0, 0.05) is 38.4 Å². The van der Waals surface area contributed by atoms with Crippen molar-refractivity contribution < 1.29 is 14.6 Å². The van der Waals surface area contributed by atoms with Crippen LogP contribution >= 0.6 is 11.5 Å². The van der Waals surface area contributed by atoms with Crippen molar-refractivity contribution in [2.75, 3.05) is 38.2 Å². The number of anilines is 1. The first-order chi connectivity index (χ1) is 13.1. The quantitative estimate of drug-likeness (QED) is 0.849. The molecule has 2 aromatic heterocycles. The summed E-state index contributed by atoms with van der Waals surface area (Å²) >= 11 is 1.21. The van der Waals surface area contributed by atoms with E-state index in [2.05, 4.69) is 19.2 Å². The Kier molecular flexibility index (Phi) is 4.96. The summed E-state index contributed by atoms with van der Waals surface area (Å²) in [5.41, 5.74) is -0.0500. The Morgan fingerprint density at radius 2 is 2.19 bits per heavy atom. The average Bonchev–Trinajstić information content (AvgIpc) is 3.22. The number of carbonyl (C=O) groups excluding carboxylic acids is 1. The molecule has 27 heavy (non-hydrogen) atoms. The monoisotopic (exact) mass is 389 g/mol. The number of nitrogens with zero attached hydrogens (tertiary/aromatic N) is 5. The lowest BCUT2D eigenvalue weighted by atomic mass is 9.71.